The molecule has 0 atom stereocenters. The fourth-order valence-electron chi connectivity index (χ4n) is 1.36. The van der Waals surface area contributed by atoms with E-state index in [1.54, 1.807) is 12.1 Å². The summed E-state index contributed by atoms with van der Waals surface area (Å²) in [6, 6.07) is 5.31. The molecule has 0 aliphatic rings. The molecule has 100 valence electrons. The van der Waals surface area contributed by atoms with Crippen LogP contribution in [0.3, 0.4) is 0 Å². The summed E-state index contributed by atoms with van der Waals surface area (Å²) in [4.78, 5) is 12.0. The van der Waals surface area contributed by atoms with Crippen molar-refractivity contribution in [3.8, 4) is 0 Å². The molecule has 0 fully saturated rings. The number of nitrogens with one attached hydrogen (secondary N) is 1. The summed E-state index contributed by atoms with van der Waals surface area (Å²) in [6.07, 6.45) is -2.68. The normalized spacial score (nSPS) is 10.8. The smallest absolute Gasteiger partial charge is 0.291 e. The number of carbonyl (C=O) groups excluding carboxylic acids is 1. The van der Waals surface area contributed by atoms with Crippen LogP contribution < -0.4 is 5.32 Å². The quantitative estimate of drug-likeness (QED) is 0.808. The highest BCUT2D eigenvalue weighted by atomic mass is 127. The van der Waals surface area contributed by atoms with Gasteiger partial charge in [-0.3, -0.25) is 10.1 Å². The van der Waals surface area contributed by atoms with E-state index in [1.807, 2.05) is 13.0 Å². The molecular formula is C11H8F2IN3OS. The first-order valence-electron chi connectivity index (χ1n) is 5.17. The van der Waals surface area contributed by atoms with Gasteiger partial charge in [0, 0.05) is 3.57 Å². The summed E-state index contributed by atoms with van der Waals surface area (Å²) in [5, 5.41) is 8.94. The fraction of sp³-hybridized carbons (Fsp3) is 0.182. The molecule has 0 radical (unpaired) electrons. The van der Waals surface area contributed by atoms with E-state index in [9.17, 15) is 13.6 Å². The number of aryl methyl sites for hydroxylation is 1. The first-order valence-corrected chi connectivity index (χ1v) is 7.06. The number of aromatic nitrogens is 2. The maximum absolute atomic E-state index is 12.4. The van der Waals surface area contributed by atoms with Gasteiger partial charge in [-0.25, -0.2) is 8.78 Å². The molecule has 1 aromatic heterocycles. The van der Waals surface area contributed by atoms with Crippen LogP contribution in [0.4, 0.5) is 13.9 Å². The molecular weight excluding hydrogens is 387 g/mol. The molecule has 2 rings (SSSR count). The Balaban J connectivity index is 2.18. The molecule has 0 aliphatic carbocycles. The topological polar surface area (TPSA) is 54.9 Å². The van der Waals surface area contributed by atoms with Crippen molar-refractivity contribution in [3.63, 3.8) is 0 Å². The SMILES string of the molecule is Cc1cccc(C(=O)Nc2nnc(C(F)F)s2)c1I. The van der Waals surface area contributed by atoms with Crippen LogP contribution in [0.1, 0.15) is 27.4 Å². The number of halogens is 3. The minimum absolute atomic E-state index is 0.0672. The average Bonchev–Trinajstić information content (AvgIpc) is 2.81. The zero-order valence-electron chi connectivity index (χ0n) is 9.65. The summed E-state index contributed by atoms with van der Waals surface area (Å²) >= 11 is 2.73. The van der Waals surface area contributed by atoms with E-state index < -0.39 is 11.4 Å². The number of amides is 1. The van der Waals surface area contributed by atoms with Crippen molar-refractivity contribution in [2.24, 2.45) is 0 Å². The lowest BCUT2D eigenvalue weighted by Gasteiger charge is -2.05. The molecule has 0 bridgehead atoms. The minimum atomic E-state index is -2.68. The van der Waals surface area contributed by atoms with Gasteiger partial charge in [0.15, 0.2) is 5.01 Å². The number of alkyl halides is 2. The second-order valence-corrected chi connectivity index (χ2v) is 5.72. The van der Waals surface area contributed by atoms with Crippen molar-refractivity contribution in [2.75, 3.05) is 5.32 Å². The average molecular weight is 395 g/mol. The van der Waals surface area contributed by atoms with Crippen molar-refractivity contribution >= 4 is 45.0 Å². The Hall–Kier alpha value is -1.16. The van der Waals surface area contributed by atoms with Crippen molar-refractivity contribution in [1.82, 2.24) is 10.2 Å². The predicted molar refractivity (Wildman–Crippen MR) is 76.7 cm³/mol. The lowest BCUT2D eigenvalue weighted by Crippen LogP contribution is -2.13. The van der Waals surface area contributed by atoms with E-state index in [0.29, 0.717) is 16.9 Å². The Morgan fingerprint density at radius 1 is 1.42 bits per heavy atom. The summed E-state index contributed by atoms with van der Waals surface area (Å²) in [5.74, 6) is -0.384. The van der Waals surface area contributed by atoms with Crippen molar-refractivity contribution in [2.45, 2.75) is 13.3 Å². The van der Waals surface area contributed by atoms with E-state index in [2.05, 4.69) is 38.1 Å². The lowest BCUT2D eigenvalue weighted by molar-refractivity contribution is 0.102. The van der Waals surface area contributed by atoms with Gasteiger partial charge in [0.25, 0.3) is 12.3 Å². The largest absolute Gasteiger partial charge is 0.296 e. The Morgan fingerprint density at radius 3 is 2.79 bits per heavy atom. The van der Waals surface area contributed by atoms with Gasteiger partial charge in [-0.05, 0) is 41.1 Å². The summed E-state index contributed by atoms with van der Waals surface area (Å²) < 4.78 is 25.5. The third-order valence-corrected chi connectivity index (χ3v) is 4.56. The molecule has 1 heterocycles. The number of nitrogens with zero attached hydrogens (tertiary/aromatic N) is 2. The monoisotopic (exact) mass is 395 g/mol. The van der Waals surface area contributed by atoms with Gasteiger partial charge in [0.1, 0.15) is 0 Å². The van der Waals surface area contributed by atoms with E-state index in [-0.39, 0.29) is 11.0 Å². The van der Waals surface area contributed by atoms with Crippen molar-refractivity contribution in [3.05, 3.63) is 37.9 Å². The highest BCUT2D eigenvalue weighted by molar-refractivity contribution is 14.1. The maximum Gasteiger partial charge on any atom is 0.291 e. The molecule has 0 unspecified atom stereocenters. The van der Waals surface area contributed by atoms with E-state index in [0.717, 1.165) is 9.13 Å². The zero-order chi connectivity index (χ0) is 14.0. The minimum Gasteiger partial charge on any atom is -0.296 e. The molecule has 4 nitrogen and oxygen atoms in total. The number of hydrogen-bond acceptors (Lipinski definition) is 4. The molecule has 1 aromatic carbocycles. The predicted octanol–water partition coefficient (Wildman–Crippen LogP) is 3.64. The first kappa shape index (κ1) is 14.3. The van der Waals surface area contributed by atoms with E-state index in [1.165, 1.54) is 0 Å². The van der Waals surface area contributed by atoms with Crippen LogP contribution in [0.2, 0.25) is 0 Å². The van der Waals surface area contributed by atoms with Gasteiger partial charge in [-0.2, -0.15) is 0 Å². The van der Waals surface area contributed by atoms with Gasteiger partial charge < -0.3 is 0 Å². The molecule has 2 aromatic rings. The van der Waals surface area contributed by atoms with Crippen LogP contribution in [0.15, 0.2) is 18.2 Å². The molecule has 0 saturated carbocycles. The number of carbonyl (C=O) groups is 1. The highest BCUT2D eigenvalue weighted by Crippen LogP contribution is 2.26. The van der Waals surface area contributed by atoms with Crippen LogP contribution >= 0.6 is 33.9 Å². The Bertz CT molecular complexity index is 618. The van der Waals surface area contributed by atoms with Gasteiger partial charge in [0.05, 0.1) is 5.56 Å². The third-order valence-electron chi connectivity index (χ3n) is 2.28. The Labute approximate surface area is 125 Å². The zero-order valence-corrected chi connectivity index (χ0v) is 12.6. The van der Waals surface area contributed by atoms with Crippen LogP contribution in [-0.2, 0) is 0 Å². The molecule has 0 aliphatic heterocycles. The van der Waals surface area contributed by atoms with Crippen LogP contribution in [-0.4, -0.2) is 16.1 Å². The molecule has 1 N–H and O–H groups in total. The summed E-state index contributed by atoms with van der Waals surface area (Å²) in [7, 11) is 0. The number of hydrogen-bond donors (Lipinski definition) is 1. The van der Waals surface area contributed by atoms with Gasteiger partial charge in [0.2, 0.25) is 5.13 Å². The third kappa shape index (κ3) is 3.24. The van der Waals surface area contributed by atoms with Gasteiger partial charge >= 0.3 is 0 Å². The highest BCUT2D eigenvalue weighted by Gasteiger charge is 2.17. The van der Waals surface area contributed by atoms with Gasteiger partial charge in [-0.15, -0.1) is 10.2 Å². The number of anilines is 1. The molecule has 0 saturated heterocycles. The first-order chi connectivity index (χ1) is 8.99. The molecule has 1 amide bonds. The van der Waals surface area contributed by atoms with E-state index >= 15 is 0 Å². The second kappa shape index (κ2) is 5.87. The van der Waals surface area contributed by atoms with Crippen LogP contribution in [0.25, 0.3) is 0 Å². The molecule has 19 heavy (non-hydrogen) atoms. The fourth-order valence-corrected chi connectivity index (χ4v) is 2.56. The Morgan fingerprint density at radius 2 is 2.16 bits per heavy atom. The molecule has 8 heteroatoms. The summed E-state index contributed by atoms with van der Waals surface area (Å²) in [6.45, 7) is 1.89. The molecule has 0 spiro atoms. The number of rotatable bonds is 3. The van der Waals surface area contributed by atoms with Gasteiger partial charge in [-0.1, -0.05) is 23.5 Å². The van der Waals surface area contributed by atoms with E-state index in [4.69, 9.17) is 0 Å². The Kier molecular flexibility index (Phi) is 4.40. The lowest BCUT2D eigenvalue weighted by atomic mass is 10.1. The van der Waals surface area contributed by atoms with Crippen molar-refractivity contribution in [1.29, 1.82) is 0 Å². The van der Waals surface area contributed by atoms with Crippen molar-refractivity contribution < 1.29 is 13.6 Å². The second-order valence-electron chi connectivity index (χ2n) is 3.64. The standard InChI is InChI=1S/C11H8F2IN3OS/c1-5-3-2-4-6(7(5)14)9(18)15-11-17-16-10(19-11)8(12)13/h2-4,8H,1H3,(H,15,17,18). The van der Waals surface area contributed by atoms with Crippen LogP contribution in [0.5, 0.6) is 0 Å². The maximum atomic E-state index is 12.4. The number of benzene rings is 1. The van der Waals surface area contributed by atoms with Crippen LogP contribution in [0, 0.1) is 10.5 Å². The summed E-state index contributed by atoms with van der Waals surface area (Å²) in [5.41, 5.74) is 1.45.